The molecule has 1 saturated heterocycles. The minimum absolute atomic E-state index is 0. The van der Waals surface area contributed by atoms with E-state index in [9.17, 15) is 9.90 Å². The molecule has 96 valence electrons. The zero-order valence-electron chi connectivity index (χ0n) is 9.39. The number of β-amino-alcohol motifs (C(OH)–C–C–N with tert-alkyl or cyclic N) is 1. The van der Waals surface area contributed by atoms with Crippen LogP contribution in [-0.2, 0) is 11.2 Å². The maximum atomic E-state index is 11.6. The molecule has 2 rings (SSSR count). The number of amides is 1. The summed E-state index contributed by atoms with van der Waals surface area (Å²) in [6, 6.07) is 1.84. The van der Waals surface area contributed by atoms with Crippen LogP contribution in [0, 0.1) is 0 Å². The van der Waals surface area contributed by atoms with Crippen LogP contribution in [-0.4, -0.2) is 36.2 Å². The number of aliphatic hydroxyl groups excluding tert-OH is 1. The van der Waals surface area contributed by atoms with Gasteiger partial charge in [0.25, 0.3) is 0 Å². The molecule has 0 aromatic carbocycles. The molecule has 1 aromatic heterocycles. The summed E-state index contributed by atoms with van der Waals surface area (Å²) in [5.41, 5.74) is 1.25. The zero-order valence-corrected chi connectivity index (χ0v) is 11.0. The molecule has 0 spiro atoms. The lowest BCUT2D eigenvalue weighted by atomic mass is 10.2. The van der Waals surface area contributed by atoms with E-state index in [1.165, 1.54) is 5.56 Å². The van der Waals surface area contributed by atoms with Gasteiger partial charge in [-0.1, -0.05) is 0 Å². The van der Waals surface area contributed by atoms with Gasteiger partial charge < -0.3 is 15.7 Å². The molecular weight excluding hydrogens is 260 g/mol. The fourth-order valence-corrected chi connectivity index (χ4v) is 2.51. The van der Waals surface area contributed by atoms with Gasteiger partial charge in [0.2, 0.25) is 5.91 Å². The van der Waals surface area contributed by atoms with Gasteiger partial charge in [-0.15, -0.1) is 12.4 Å². The molecule has 4 nitrogen and oxygen atoms in total. The third kappa shape index (κ3) is 4.27. The van der Waals surface area contributed by atoms with Crippen molar-refractivity contribution in [2.24, 2.45) is 0 Å². The first kappa shape index (κ1) is 14.4. The number of hydrogen-bond donors (Lipinski definition) is 3. The highest BCUT2D eigenvalue weighted by Crippen LogP contribution is 2.07. The fraction of sp³-hybridized carbons (Fsp3) is 0.545. The monoisotopic (exact) mass is 276 g/mol. The van der Waals surface area contributed by atoms with Crippen molar-refractivity contribution < 1.29 is 9.90 Å². The van der Waals surface area contributed by atoms with E-state index in [1.54, 1.807) is 11.3 Å². The minimum Gasteiger partial charge on any atom is -0.392 e. The molecule has 0 bridgehead atoms. The lowest BCUT2D eigenvalue weighted by Gasteiger charge is -2.10. The Balaban J connectivity index is 0.00000144. The predicted octanol–water partition coefficient (Wildman–Crippen LogP) is 0.551. The molecule has 0 saturated carbocycles. The molecule has 3 N–H and O–H groups in total. The minimum atomic E-state index is -0.382. The number of halogens is 1. The normalized spacial score (nSPS) is 23.1. The summed E-state index contributed by atoms with van der Waals surface area (Å²) in [5.74, 6) is -0.00761. The number of carbonyl (C=O) groups is 1. The Labute approximate surface area is 111 Å². The van der Waals surface area contributed by atoms with E-state index in [4.69, 9.17) is 0 Å². The summed E-state index contributed by atoms with van der Waals surface area (Å²) in [6.45, 7) is 1.17. The molecule has 1 fully saturated rings. The Hall–Kier alpha value is -0.620. The van der Waals surface area contributed by atoms with E-state index >= 15 is 0 Å². The summed E-state index contributed by atoms with van der Waals surface area (Å²) in [4.78, 5) is 11.6. The van der Waals surface area contributed by atoms with E-state index in [0.29, 0.717) is 19.5 Å². The Morgan fingerprint density at radius 3 is 3.06 bits per heavy atom. The average Bonchev–Trinajstić information content (AvgIpc) is 2.89. The van der Waals surface area contributed by atoms with Crippen molar-refractivity contribution in [1.82, 2.24) is 10.6 Å². The maximum Gasteiger partial charge on any atom is 0.237 e. The summed E-state index contributed by atoms with van der Waals surface area (Å²) in [5, 5.41) is 19.3. The molecule has 17 heavy (non-hydrogen) atoms. The van der Waals surface area contributed by atoms with Crippen LogP contribution in [0.5, 0.6) is 0 Å². The number of aliphatic hydroxyl groups is 1. The van der Waals surface area contributed by atoms with Crippen LogP contribution in [0.4, 0.5) is 0 Å². The largest absolute Gasteiger partial charge is 0.392 e. The summed E-state index contributed by atoms with van der Waals surface area (Å²) >= 11 is 1.67. The molecule has 0 radical (unpaired) electrons. The molecule has 1 amide bonds. The molecule has 6 heteroatoms. The van der Waals surface area contributed by atoms with Crippen LogP contribution in [0.2, 0.25) is 0 Å². The predicted molar refractivity (Wildman–Crippen MR) is 70.7 cm³/mol. The molecular formula is C11H17ClN2O2S. The van der Waals surface area contributed by atoms with Gasteiger partial charge in [0.1, 0.15) is 0 Å². The van der Waals surface area contributed by atoms with Crippen LogP contribution in [0.15, 0.2) is 16.8 Å². The van der Waals surface area contributed by atoms with Gasteiger partial charge in [0.05, 0.1) is 12.1 Å². The first-order valence-corrected chi connectivity index (χ1v) is 6.40. The van der Waals surface area contributed by atoms with Crippen LogP contribution >= 0.6 is 23.7 Å². The third-order valence-corrected chi connectivity index (χ3v) is 3.45. The first-order chi connectivity index (χ1) is 7.75. The summed E-state index contributed by atoms with van der Waals surface area (Å²) < 4.78 is 0. The van der Waals surface area contributed by atoms with Gasteiger partial charge >= 0.3 is 0 Å². The highest BCUT2D eigenvalue weighted by Gasteiger charge is 2.27. The topological polar surface area (TPSA) is 61.4 Å². The quantitative estimate of drug-likeness (QED) is 0.753. The van der Waals surface area contributed by atoms with E-state index < -0.39 is 0 Å². The lowest BCUT2D eigenvalue weighted by molar-refractivity contribution is -0.122. The Morgan fingerprint density at radius 1 is 1.65 bits per heavy atom. The zero-order chi connectivity index (χ0) is 11.4. The number of rotatable bonds is 4. The van der Waals surface area contributed by atoms with E-state index in [1.807, 2.05) is 5.38 Å². The molecule has 2 unspecified atom stereocenters. The lowest BCUT2D eigenvalue weighted by Crippen LogP contribution is -2.41. The molecule has 0 aliphatic carbocycles. The van der Waals surface area contributed by atoms with Gasteiger partial charge in [-0.2, -0.15) is 11.3 Å². The highest BCUT2D eigenvalue weighted by molar-refractivity contribution is 7.07. The van der Waals surface area contributed by atoms with Gasteiger partial charge in [-0.3, -0.25) is 4.79 Å². The molecule has 1 aliphatic rings. The highest BCUT2D eigenvalue weighted by atomic mass is 35.5. The van der Waals surface area contributed by atoms with Crippen LogP contribution in [0.25, 0.3) is 0 Å². The van der Waals surface area contributed by atoms with Crippen molar-refractivity contribution in [1.29, 1.82) is 0 Å². The smallest absolute Gasteiger partial charge is 0.237 e. The Morgan fingerprint density at radius 2 is 2.47 bits per heavy atom. The van der Waals surface area contributed by atoms with Crippen molar-refractivity contribution in [3.05, 3.63) is 22.4 Å². The number of thiophene rings is 1. The molecule has 2 atom stereocenters. The SMILES string of the molecule is Cl.O=C(NCCc1ccsc1)C1CC(O)CN1. The Kier molecular flexibility index (Phi) is 5.91. The van der Waals surface area contributed by atoms with E-state index in [-0.39, 0.29) is 30.5 Å². The second-order valence-electron chi connectivity index (χ2n) is 4.02. The van der Waals surface area contributed by atoms with Crippen LogP contribution < -0.4 is 10.6 Å². The molecule has 1 aromatic rings. The number of carbonyl (C=O) groups excluding carboxylic acids is 1. The average molecular weight is 277 g/mol. The third-order valence-electron chi connectivity index (χ3n) is 2.72. The van der Waals surface area contributed by atoms with E-state index in [2.05, 4.69) is 22.1 Å². The fourth-order valence-electron chi connectivity index (χ4n) is 1.80. The van der Waals surface area contributed by atoms with Crippen molar-refractivity contribution in [2.45, 2.75) is 25.0 Å². The molecule has 1 aliphatic heterocycles. The second kappa shape index (κ2) is 6.96. The van der Waals surface area contributed by atoms with Gasteiger partial charge in [-0.05, 0) is 35.2 Å². The van der Waals surface area contributed by atoms with Gasteiger partial charge in [0, 0.05) is 13.1 Å². The summed E-state index contributed by atoms with van der Waals surface area (Å²) in [6.07, 6.45) is 1.00. The van der Waals surface area contributed by atoms with Gasteiger partial charge in [-0.25, -0.2) is 0 Å². The van der Waals surface area contributed by atoms with Crippen LogP contribution in [0.3, 0.4) is 0 Å². The van der Waals surface area contributed by atoms with Crippen LogP contribution in [0.1, 0.15) is 12.0 Å². The maximum absolute atomic E-state index is 11.6. The molecule has 2 heterocycles. The van der Waals surface area contributed by atoms with E-state index in [0.717, 1.165) is 6.42 Å². The standard InChI is InChI=1S/C11H16N2O2S.ClH/c14-9-5-10(13-6-9)11(15)12-3-1-8-2-4-16-7-8;/h2,4,7,9-10,13-14H,1,3,5-6H2,(H,12,15);1H. The Bertz CT molecular complexity index is 345. The van der Waals surface area contributed by atoms with Crippen molar-refractivity contribution >= 4 is 29.7 Å². The number of nitrogens with one attached hydrogen (secondary N) is 2. The second-order valence-corrected chi connectivity index (χ2v) is 4.80. The summed E-state index contributed by atoms with van der Waals surface area (Å²) in [7, 11) is 0. The number of hydrogen-bond acceptors (Lipinski definition) is 4. The van der Waals surface area contributed by atoms with Gasteiger partial charge in [0.15, 0.2) is 0 Å². The van der Waals surface area contributed by atoms with Crippen molar-refractivity contribution in [2.75, 3.05) is 13.1 Å². The van der Waals surface area contributed by atoms with Crippen molar-refractivity contribution in [3.63, 3.8) is 0 Å². The first-order valence-electron chi connectivity index (χ1n) is 5.46. The van der Waals surface area contributed by atoms with Crippen molar-refractivity contribution in [3.8, 4) is 0 Å².